The number of aromatic amines is 1. The van der Waals surface area contributed by atoms with E-state index in [9.17, 15) is 4.79 Å². The molecule has 0 saturated heterocycles. The highest BCUT2D eigenvalue weighted by Gasteiger charge is 2.12. The van der Waals surface area contributed by atoms with Gasteiger partial charge in [0.15, 0.2) is 0 Å². The molecule has 0 fully saturated rings. The van der Waals surface area contributed by atoms with E-state index in [2.05, 4.69) is 30.9 Å². The van der Waals surface area contributed by atoms with E-state index in [4.69, 9.17) is 0 Å². The lowest BCUT2D eigenvalue weighted by Crippen LogP contribution is -2.26. The van der Waals surface area contributed by atoms with Crippen molar-refractivity contribution in [3.8, 4) is 17.1 Å². The van der Waals surface area contributed by atoms with Gasteiger partial charge in [0, 0.05) is 29.2 Å². The number of tetrazole rings is 1. The van der Waals surface area contributed by atoms with E-state index < -0.39 is 0 Å². The van der Waals surface area contributed by atoms with Gasteiger partial charge in [0.05, 0.1) is 12.4 Å². The molecule has 0 radical (unpaired) electrons. The highest BCUT2D eigenvalue weighted by molar-refractivity contribution is 5.94. The largest absolute Gasteiger partial charge is 0.346 e. The molecule has 0 aliphatic carbocycles. The normalized spacial score (nSPS) is 11.9. The van der Waals surface area contributed by atoms with Crippen molar-refractivity contribution >= 4 is 5.91 Å². The molecule has 2 aromatic heterocycles. The van der Waals surface area contributed by atoms with E-state index >= 15 is 0 Å². The van der Waals surface area contributed by atoms with Gasteiger partial charge < -0.3 is 9.88 Å². The summed E-state index contributed by atoms with van der Waals surface area (Å²) in [7, 11) is 0. The van der Waals surface area contributed by atoms with Crippen LogP contribution in [0.4, 0.5) is 0 Å². The summed E-state index contributed by atoms with van der Waals surface area (Å²) < 4.78 is 1.93. The standard InChI is InChI=1S/C19H17N7O/c1-13(14-6-8-17(9-7-14)26-11-10-20-12-26)21-19(27)16-4-2-15(3-5-16)18-22-24-25-23-18/h2-13H,1H3,(H,21,27)(H,22,23,24,25)/t13-/m0/s1. The molecule has 1 amide bonds. The number of rotatable bonds is 5. The molecule has 0 spiro atoms. The Balaban J connectivity index is 1.43. The maximum atomic E-state index is 12.5. The minimum Gasteiger partial charge on any atom is -0.346 e. The fourth-order valence-corrected chi connectivity index (χ4v) is 2.77. The molecule has 4 aromatic rings. The van der Waals surface area contributed by atoms with Gasteiger partial charge in [-0.15, -0.1) is 10.2 Å². The molecular weight excluding hydrogens is 342 g/mol. The van der Waals surface area contributed by atoms with Gasteiger partial charge in [0.2, 0.25) is 5.82 Å². The minimum atomic E-state index is -0.138. The molecule has 0 aliphatic rings. The highest BCUT2D eigenvalue weighted by Crippen LogP contribution is 2.18. The number of aromatic nitrogens is 6. The summed E-state index contributed by atoms with van der Waals surface area (Å²) in [6, 6.07) is 15.0. The second-order valence-corrected chi connectivity index (χ2v) is 6.07. The van der Waals surface area contributed by atoms with Gasteiger partial charge >= 0.3 is 0 Å². The average Bonchev–Trinajstić information content (AvgIpc) is 3.42. The first kappa shape index (κ1) is 16.6. The van der Waals surface area contributed by atoms with Crippen molar-refractivity contribution < 1.29 is 4.79 Å². The Morgan fingerprint density at radius 1 is 1.11 bits per heavy atom. The summed E-state index contributed by atoms with van der Waals surface area (Å²) in [5.74, 6) is 0.356. The molecule has 8 nitrogen and oxygen atoms in total. The molecule has 27 heavy (non-hydrogen) atoms. The number of amides is 1. The predicted molar refractivity (Wildman–Crippen MR) is 99.1 cm³/mol. The van der Waals surface area contributed by atoms with Crippen molar-refractivity contribution in [2.45, 2.75) is 13.0 Å². The van der Waals surface area contributed by atoms with Crippen LogP contribution in [0, 0.1) is 0 Å². The van der Waals surface area contributed by atoms with E-state index in [1.54, 1.807) is 36.8 Å². The molecular formula is C19H17N7O. The molecule has 0 aliphatic heterocycles. The zero-order valence-electron chi connectivity index (χ0n) is 14.6. The van der Waals surface area contributed by atoms with Crippen LogP contribution < -0.4 is 5.32 Å². The molecule has 134 valence electrons. The van der Waals surface area contributed by atoms with Crippen LogP contribution in [0.1, 0.15) is 28.9 Å². The summed E-state index contributed by atoms with van der Waals surface area (Å²) in [5.41, 5.74) is 3.41. The van der Waals surface area contributed by atoms with Gasteiger partial charge in [-0.1, -0.05) is 24.3 Å². The molecule has 1 atom stereocenters. The van der Waals surface area contributed by atoms with Crippen LogP contribution >= 0.6 is 0 Å². The van der Waals surface area contributed by atoms with Gasteiger partial charge in [-0.25, -0.2) is 4.98 Å². The third kappa shape index (κ3) is 3.59. The lowest BCUT2D eigenvalue weighted by molar-refractivity contribution is 0.0940. The summed E-state index contributed by atoms with van der Waals surface area (Å²) in [6.07, 6.45) is 5.37. The van der Waals surface area contributed by atoms with Gasteiger partial charge in [-0.3, -0.25) is 4.79 Å². The molecule has 2 aromatic carbocycles. The lowest BCUT2D eigenvalue weighted by atomic mass is 10.1. The molecule has 8 heteroatoms. The van der Waals surface area contributed by atoms with Crippen LogP contribution in [0.5, 0.6) is 0 Å². The summed E-state index contributed by atoms with van der Waals surface area (Å²) in [5, 5.41) is 16.8. The predicted octanol–water partition coefficient (Wildman–Crippen LogP) is 2.54. The first-order chi connectivity index (χ1) is 13.2. The third-order valence-electron chi connectivity index (χ3n) is 4.29. The number of carbonyl (C=O) groups is 1. The Morgan fingerprint density at radius 3 is 2.52 bits per heavy atom. The number of nitrogens with one attached hydrogen (secondary N) is 2. The SMILES string of the molecule is C[C@H](NC(=O)c1ccc(-c2nn[nH]n2)cc1)c1ccc(-n2ccnc2)cc1. The van der Waals surface area contributed by atoms with Crippen LogP contribution in [-0.4, -0.2) is 36.1 Å². The first-order valence-corrected chi connectivity index (χ1v) is 8.44. The lowest BCUT2D eigenvalue weighted by Gasteiger charge is -2.15. The van der Waals surface area contributed by atoms with Crippen molar-refractivity contribution in [2.24, 2.45) is 0 Å². The second kappa shape index (κ2) is 7.20. The van der Waals surface area contributed by atoms with Crippen molar-refractivity contribution in [2.75, 3.05) is 0 Å². The molecule has 0 unspecified atom stereocenters. The minimum absolute atomic E-state index is 0.119. The van der Waals surface area contributed by atoms with E-state index in [1.165, 1.54) is 0 Å². The first-order valence-electron chi connectivity index (χ1n) is 8.44. The average molecular weight is 359 g/mol. The quantitative estimate of drug-likeness (QED) is 0.570. The molecule has 0 saturated carbocycles. The number of nitrogens with zero attached hydrogens (tertiary/aromatic N) is 5. The van der Waals surface area contributed by atoms with Crippen LogP contribution in [0.3, 0.4) is 0 Å². The monoisotopic (exact) mass is 359 g/mol. The van der Waals surface area contributed by atoms with Crippen LogP contribution in [-0.2, 0) is 0 Å². The molecule has 0 bridgehead atoms. The molecule has 2 N–H and O–H groups in total. The third-order valence-corrected chi connectivity index (χ3v) is 4.29. The topological polar surface area (TPSA) is 101 Å². The molecule has 2 heterocycles. The number of carbonyl (C=O) groups excluding carboxylic acids is 1. The number of imidazole rings is 1. The van der Waals surface area contributed by atoms with Crippen LogP contribution in [0.2, 0.25) is 0 Å². The maximum absolute atomic E-state index is 12.5. The number of hydrogen-bond donors (Lipinski definition) is 2. The highest BCUT2D eigenvalue weighted by atomic mass is 16.1. The van der Waals surface area contributed by atoms with E-state index in [0.29, 0.717) is 11.4 Å². The maximum Gasteiger partial charge on any atom is 0.251 e. The van der Waals surface area contributed by atoms with E-state index in [1.807, 2.05) is 42.0 Å². The Labute approximate surface area is 155 Å². The van der Waals surface area contributed by atoms with Gasteiger partial charge in [-0.2, -0.15) is 5.21 Å². The number of H-pyrrole nitrogens is 1. The smallest absolute Gasteiger partial charge is 0.251 e. The van der Waals surface area contributed by atoms with Crippen molar-refractivity contribution in [1.82, 2.24) is 35.5 Å². The fraction of sp³-hybridized carbons (Fsp3) is 0.105. The summed E-state index contributed by atoms with van der Waals surface area (Å²) in [6.45, 7) is 1.96. The van der Waals surface area contributed by atoms with Crippen LogP contribution in [0.15, 0.2) is 67.3 Å². The molecule has 4 rings (SSSR count). The Hall–Kier alpha value is -3.81. The van der Waals surface area contributed by atoms with E-state index in [0.717, 1.165) is 16.8 Å². The van der Waals surface area contributed by atoms with Crippen molar-refractivity contribution in [1.29, 1.82) is 0 Å². The van der Waals surface area contributed by atoms with Gasteiger partial charge in [0.25, 0.3) is 5.91 Å². The van der Waals surface area contributed by atoms with E-state index in [-0.39, 0.29) is 11.9 Å². The van der Waals surface area contributed by atoms with Gasteiger partial charge in [0.1, 0.15) is 0 Å². The Morgan fingerprint density at radius 2 is 1.89 bits per heavy atom. The Kier molecular flexibility index (Phi) is 4.44. The summed E-state index contributed by atoms with van der Waals surface area (Å²) in [4.78, 5) is 16.6. The van der Waals surface area contributed by atoms with Crippen LogP contribution in [0.25, 0.3) is 17.1 Å². The second-order valence-electron chi connectivity index (χ2n) is 6.07. The zero-order chi connectivity index (χ0) is 18.6. The summed E-state index contributed by atoms with van der Waals surface area (Å²) >= 11 is 0. The van der Waals surface area contributed by atoms with Gasteiger partial charge in [-0.05, 0) is 42.0 Å². The Bertz CT molecular complexity index is 1010. The van der Waals surface area contributed by atoms with Crippen molar-refractivity contribution in [3.05, 3.63) is 78.4 Å². The fourth-order valence-electron chi connectivity index (χ4n) is 2.77. The van der Waals surface area contributed by atoms with Crippen molar-refractivity contribution in [3.63, 3.8) is 0 Å². The zero-order valence-corrected chi connectivity index (χ0v) is 14.6. The number of benzene rings is 2. The number of hydrogen-bond acceptors (Lipinski definition) is 5.